The summed E-state index contributed by atoms with van der Waals surface area (Å²) in [5, 5.41) is 9.95. The van der Waals surface area contributed by atoms with Gasteiger partial charge in [0.1, 0.15) is 5.82 Å². The van der Waals surface area contributed by atoms with E-state index in [0.717, 1.165) is 5.69 Å². The number of ether oxygens (including phenoxy) is 1. The number of alkyl halides is 3. The van der Waals surface area contributed by atoms with Gasteiger partial charge in [0.2, 0.25) is 5.95 Å². The third kappa shape index (κ3) is 4.81. The quantitative estimate of drug-likeness (QED) is 0.792. The first kappa shape index (κ1) is 19.0. The second-order valence-electron chi connectivity index (χ2n) is 5.63. The average molecular weight is 358 g/mol. The Kier molecular flexibility index (Phi) is 5.83. The molecular formula is C15H21F3N6O. The number of halogens is 3. The number of rotatable bonds is 7. The predicted octanol–water partition coefficient (Wildman–Crippen LogP) is 3.08. The lowest BCUT2D eigenvalue weighted by Gasteiger charge is -2.14. The molecule has 138 valence electrons. The normalized spacial score (nSPS) is 12.9. The molecule has 0 amide bonds. The van der Waals surface area contributed by atoms with Crippen molar-refractivity contribution in [3.63, 3.8) is 0 Å². The van der Waals surface area contributed by atoms with E-state index in [4.69, 9.17) is 4.74 Å². The Hall–Kier alpha value is -2.36. The van der Waals surface area contributed by atoms with Crippen LogP contribution in [-0.2, 0) is 11.2 Å². The maximum Gasteiger partial charge on any atom is 0.393 e. The summed E-state index contributed by atoms with van der Waals surface area (Å²) in [6, 6.07) is 0.0449. The highest BCUT2D eigenvalue weighted by Gasteiger charge is 2.29. The standard InChI is InChI=1S/C15H21F3N6O/c1-9(8-25-4)24-10(2)12(7-21-24)22-14-20-6-11(5-15(16,17)18)13(19-3)23-14/h6-7,9H,5,8H2,1-4H3,(H2,19,20,22,23)/t9-/m1/s1. The minimum absolute atomic E-state index is 0.0123. The number of anilines is 3. The molecule has 0 radical (unpaired) electrons. The van der Waals surface area contributed by atoms with Crippen molar-refractivity contribution in [2.45, 2.75) is 32.5 Å². The maximum atomic E-state index is 12.6. The number of methoxy groups -OCH3 is 1. The highest BCUT2D eigenvalue weighted by molar-refractivity contribution is 5.57. The van der Waals surface area contributed by atoms with Crippen molar-refractivity contribution in [1.82, 2.24) is 19.7 Å². The molecule has 2 rings (SSSR count). The Bertz CT molecular complexity index is 716. The minimum Gasteiger partial charge on any atom is -0.382 e. The summed E-state index contributed by atoms with van der Waals surface area (Å²) in [6.07, 6.45) is -2.62. The van der Waals surface area contributed by atoms with Crippen molar-refractivity contribution in [2.24, 2.45) is 0 Å². The van der Waals surface area contributed by atoms with Crippen LogP contribution in [0.3, 0.4) is 0 Å². The second kappa shape index (κ2) is 7.68. The van der Waals surface area contributed by atoms with Crippen LogP contribution < -0.4 is 10.6 Å². The summed E-state index contributed by atoms with van der Waals surface area (Å²) in [4.78, 5) is 8.08. The molecule has 0 bridgehead atoms. The third-order valence-corrected chi connectivity index (χ3v) is 3.61. The monoisotopic (exact) mass is 358 g/mol. The van der Waals surface area contributed by atoms with E-state index in [1.54, 1.807) is 18.0 Å². The van der Waals surface area contributed by atoms with Crippen LogP contribution in [0, 0.1) is 6.92 Å². The molecule has 0 spiro atoms. The van der Waals surface area contributed by atoms with Gasteiger partial charge in [-0.2, -0.15) is 23.3 Å². The summed E-state index contributed by atoms with van der Waals surface area (Å²) in [5.74, 6) is 0.324. The van der Waals surface area contributed by atoms with Crippen molar-refractivity contribution in [3.8, 4) is 0 Å². The van der Waals surface area contributed by atoms with Crippen molar-refractivity contribution in [1.29, 1.82) is 0 Å². The zero-order valence-electron chi connectivity index (χ0n) is 14.5. The van der Waals surface area contributed by atoms with Crippen LogP contribution in [0.1, 0.15) is 24.2 Å². The van der Waals surface area contributed by atoms with Gasteiger partial charge in [0.25, 0.3) is 0 Å². The second-order valence-corrected chi connectivity index (χ2v) is 5.63. The Morgan fingerprint density at radius 1 is 1.32 bits per heavy atom. The molecule has 2 aromatic heterocycles. The van der Waals surface area contributed by atoms with Crippen LogP contribution in [0.4, 0.5) is 30.6 Å². The van der Waals surface area contributed by atoms with Crippen LogP contribution in [0.2, 0.25) is 0 Å². The lowest BCUT2D eigenvalue weighted by molar-refractivity contribution is -0.127. The third-order valence-electron chi connectivity index (χ3n) is 3.61. The first-order valence-electron chi connectivity index (χ1n) is 7.65. The van der Waals surface area contributed by atoms with Crippen LogP contribution >= 0.6 is 0 Å². The highest BCUT2D eigenvalue weighted by Crippen LogP contribution is 2.26. The molecule has 0 fully saturated rings. The zero-order chi connectivity index (χ0) is 18.6. The topological polar surface area (TPSA) is 76.9 Å². The Morgan fingerprint density at radius 3 is 2.64 bits per heavy atom. The van der Waals surface area contributed by atoms with Gasteiger partial charge >= 0.3 is 6.18 Å². The van der Waals surface area contributed by atoms with Crippen LogP contribution in [-0.4, -0.2) is 46.7 Å². The molecule has 2 heterocycles. The van der Waals surface area contributed by atoms with E-state index in [-0.39, 0.29) is 23.4 Å². The highest BCUT2D eigenvalue weighted by atomic mass is 19.4. The van der Waals surface area contributed by atoms with Gasteiger partial charge in [-0.05, 0) is 13.8 Å². The van der Waals surface area contributed by atoms with Crippen molar-refractivity contribution in [2.75, 3.05) is 31.4 Å². The smallest absolute Gasteiger partial charge is 0.382 e. The van der Waals surface area contributed by atoms with E-state index in [0.29, 0.717) is 12.3 Å². The molecule has 2 aromatic rings. The molecular weight excluding hydrogens is 337 g/mol. The molecule has 0 saturated carbocycles. The van der Waals surface area contributed by atoms with Gasteiger partial charge in [0, 0.05) is 25.9 Å². The number of hydrogen-bond acceptors (Lipinski definition) is 6. The minimum atomic E-state index is -4.32. The largest absolute Gasteiger partial charge is 0.393 e. The summed E-state index contributed by atoms with van der Waals surface area (Å²) in [7, 11) is 3.13. The molecule has 7 nitrogen and oxygen atoms in total. The molecule has 2 N–H and O–H groups in total. The van der Waals surface area contributed by atoms with Gasteiger partial charge in [0.15, 0.2) is 0 Å². The number of aromatic nitrogens is 4. The molecule has 0 aromatic carbocycles. The molecule has 0 aliphatic carbocycles. The Balaban J connectivity index is 2.21. The van der Waals surface area contributed by atoms with Gasteiger partial charge in [0.05, 0.1) is 36.6 Å². The lowest BCUT2D eigenvalue weighted by Crippen LogP contribution is -2.15. The van der Waals surface area contributed by atoms with Crippen LogP contribution in [0.15, 0.2) is 12.4 Å². The van der Waals surface area contributed by atoms with Crippen molar-refractivity contribution in [3.05, 3.63) is 23.7 Å². The van der Waals surface area contributed by atoms with E-state index in [9.17, 15) is 13.2 Å². The molecule has 1 atom stereocenters. The van der Waals surface area contributed by atoms with Crippen molar-refractivity contribution < 1.29 is 17.9 Å². The van der Waals surface area contributed by atoms with Crippen LogP contribution in [0.25, 0.3) is 0 Å². The van der Waals surface area contributed by atoms with Crippen LogP contribution in [0.5, 0.6) is 0 Å². The Morgan fingerprint density at radius 2 is 2.04 bits per heavy atom. The zero-order valence-corrected chi connectivity index (χ0v) is 14.5. The molecule has 0 aliphatic rings. The van der Waals surface area contributed by atoms with E-state index in [2.05, 4.69) is 25.7 Å². The van der Waals surface area contributed by atoms with E-state index >= 15 is 0 Å². The van der Waals surface area contributed by atoms with Crippen molar-refractivity contribution >= 4 is 17.5 Å². The van der Waals surface area contributed by atoms with Gasteiger partial charge in [-0.1, -0.05) is 0 Å². The molecule has 10 heteroatoms. The summed E-state index contributed by atoms with van der Waals surface area (Å²) in [6.45, 7) is 4.35. The summed E-state index contributed by atoms with van der Waals surface area (Å²) < 4.78 is 44.6. The lowest BCUT2D eigenvalue weighted by atomic mass is 10.2. The van der Waals surface area contributed by atoms with Gasteiger partial charge in [-0.3, -0.25) is 4.68 Å². The fraction of sp³-hybridized carbons (Fsp3) is 0.533. The molecule has 25 heavy (non-hydrogen) atoms. The van der Waals surface area contributed by atoms with Gasteiger partial charge in [-0.25, -0.2) is 4.98 Å². The number of nitrogens with zero attached hydrogens (tertiary/aromatic N) is 4. The fourth-order valence-corrected chi connectivity index (χ4v) is 2.45. The molecule has 0 saturated heterocycles. The molecule has 0 aliphatic heterocycles. The van der Waals surface area contributed by atoms with Gasteiger partial charge in [-0.15, -0.1) is 0 Å². The first-order valence-corrected chi connectivity index (χ1v) is 7.65. The van der Waals surface area contributed by atoms with E-state index in [1.165, 1.54) is 13.2 Å². The maximum absolute atomic E-state index is 12.6. The molecule has 0 unspecified atom stereocenters. The predicted molar refractivity (Wildman–Crippen MR) is 88.2 cm³/mol. The Labute approximate surface area is 143 Å². The summed E-state index contributed by atoms with van der Waals surface area (Å²) in [5.41, 5.74) is 1.51. The van der Waals surface area contributed by atoms with E-state index in [1.807, 2.05) is 13.8 Å². The average Bonchev–Trinajstić information content (AvgIpc) is 2.88. The first-order chi connectivity index (χ1) is 11.7. The summed E-state index contributed by atoms with van der Waals surface area (Å²) >= 11 is 0. The van der Waals surface area contributed by atoms with Gasteiger partial charge < -0.3 is 15.4 Å². The van der Waals surface area contributed by atoms with E-state index < -0.39 is 12.6 Å². The number of nitrogens with one attached hydrogen (secondary N) is 2. The fourth-order valence-electron chi connectivity index (χ4n) is 2.45. The number of hydrogen-bond donors (Lipinski definition) is 2. The SMILES string of the molecule is CNc1nc(Nc2cnn([C@H](C)COC)c2C)ncc1CC(F)(F)F.